The Kier molecular flexibility index (Phi) is 6.57. The lowest BCUT2D eigenvalue weighted by atomic mass is 9.79. The number of piperidine rings is 1. The lowest BCUT2D eigenvalue weighted by molar-refractivity contribution is -0.125. The molecule has 1 aliphatic heterocycles. The molecule has 5 heteroatoms. The number of aliphatic hydroxyl groups excluding tert-OH is 2. The minimum atomic E-state index is -0.646. The molecule has 1 fully saturated rings. The summed E-state index contributed by atoms with van der Waals surface area (Å²) in [7, 11) is 0. The van der Waals surface area contributed by atoms with E-state index in [0.717, 1.165) is 12.8 Å². The maximum Gasteiger partial charge on any atom is 0.220 e. The van der Waals surface area contributed by atoms with Gasteiger partial charge in [-0.3, -0.25) is 4.79 Å². The van der Waals surface area contributed by atoms with E-state index in [1.165, 1.54) is 5.56 Å². The average molecular weight is 320 g/mol. The summed E-state index contributed by atoms with van der Waals surface area (Å²) in [6.45, 7) is 2.30. The molecule has 1 heterocycles. The van der Waals surface area contributed by atoms with Crippen LogP contribution in [0.5, 0.6) is 0 Å². The number of hydrogen-bond acceptors (Lipinski definition) is 4. The molecule has 0 aromatic heterocycles. The third-order valence-electron chi connectivity index (χ3n) is 4.71. The minimum absolute atomic E-state index is 0.00111. The summed E-state index contributed by atoms with van der Waals surface area (Å²) in [5.41, 5.74) is 0.615. The highest BCUT2D eigenvalue weighted by molar-refractivity contribution is 5.76. The number of rotatable bonds is 7. The molecule has 1 saturated heterocycles. The molecule has 5 nitrogen and oxygen atoms in total. The molecule has 0 radical (unpaired) electrons. The van der Waals surface area contributed by atoms with Crippen LogP contribution in [0.15, 0.2) is 30.3 Å². The van der Waals surface area contributed by atoms with E-state index in [4.69, 9.17) is 0 Å². The number of nitrogens with one attached hydrogen (secondary N) is 2. The molecule has 2 rings (SSSR count). The van der Waals surface area contributed by atoms with Gasteiger partial charge >= 0.3 is 0 Å². The van der Waals surface area contributed by atoms with Crippen molar-refractivity contribution in [2.24, 2.45) is 0 Å². The van der Waals surface area contributed by atoms with E-state index < -0.39 is 11.6 Å². The molecule has 3 atom stereocenters. The molecule has 1 aliphatic rings. The van der Waals surface area contributed by atoms with Crippen molar-refractivity contribution in [2.75, 3.05) is 13.2 Å². The van der Waals surface area contributed by atoms with E-state index >= 15 is 0 Å². The van der Waals surface area contributed by atoms with Crippen molar-refractivity contribution in [3.63, 3.8) is 0 Å². The molecule has 23 heavy (non-hydrogen) atoms. The highest BCUT2D eigenvalue weighted by Crippen LogP contribution is 2.26. The lowest BCUT2D eigenvalue weighted by Gasteiger charge is -2.45. The molecule has 1 amide bonds. The van der Waals surface area contributed by atoms with Gasteiger partial charge in [-0.15, -0.1) is 0 Å². The van der Waals surface area contributed by atoms with Crippen LogP contribution >= 0.6 is 0 Å². The Morgan fingerprint density at radius 1 is 1.39 bits per heavy atom. The first kappa shape index (κ1) is 17.9. The number of benzene rings is 1. The van der Waals surface area contributed by atoms with Crippen molar-refractivity contribution in [3.8, 4) is 0 Å². The van der Waals surface area contributed by atoms with Crippen LogP contribution in [-0.2, 0) is 11.2 Å². The predicted octanol–water partition coefficient (Wildman–Crippen LogP) is 0.989. The summed E-state index contributed by atoms with van der Waals surface area (Å²) >= 11 is 0. The topological polar surface area (TPSA) is 81.6 Å². The SMILES string of the molecule is CCC(=O)N[C@@]1(CCCc2ccccc2)CN[C@H](CO)C[C@@H]1O. The molecular formula is C18H28N2O3. The highest BCUT2D eigenvalue weighted by Gasteiger charge is 2.43. The number of aryl methyl sites for hydroxylation is 1. The second-order valence-electron chi connectivity index (χ2n) is 6.41. The number of hydrogen-bond donors (Lipinski definition) is 4. The van der Waals surface area contributed by atoms with E-state index in [1.54, 1.807) is 0 Å². The predicted molar refractivity (Wildman–Crippen MR) is 90.0 cm³/mol. The highest BCUT2D eigenvalue weighted by atomic mass is 16.3. The van der Waals surface area contributed by atoms with Gasteiger partial charge in [-0.25, -0.2) is 0 Å². The van der Waals surface area contributed by atoms with E-state index in [9.17, 15) is 15.0 Å². The van der Waals surface area contributed by atoms with Gasteiger partial charge < -0.3 is 20.8 Å². The van der Waals surface area contributed by atoms with Gasteiger partial charge in [0.05, 0.1) is 18.2 Å². The van der Waals surface area contributed by atoms with Crippen molar-refractivity contribution in [1.29, 1.82) is 0 Å². The van der Waals surface area contributed by atoms with Crippen molar-refractivity contribution >= 4 is 5.91 Å². The Bertz CT molecular complexity index is 494. The first-order valence-corrected chi connectivity index (χ1v) is 8.47. The Balaban J connectivity index is 2.00. The van der Waals surface area contributed by atoms with Gasteiger partial charge in [-0.2, -0.15) is 0 Å². The molecule has 0 aliphatic carbocycles. The van der Waals surface area contributed by atoms with Crippen molar-refractivity contribution in [2.45, 2.75) is 56.7 Å². The van der Waals surface area contributed by atoms with E-state index in [-0.39, 0.29) is 18.6 Å². The fourth-order valence-corrected chi connectivity index (χ4v) is 3.23. The Morgan fingerprint density at radius 2 is 2.13 bits per heavy atom. The van der Waals surface area contributed by atoms with E-state index in [1.807, 2.05) is 25.1 Å². The fraction of sp³-hybridized carbons (Fsp3) is 0.611. The zero-order valence-electron chi connectivity index (χ0n) is 13.8. The van der Waals surface area contributed by atoms with Crippen LogP contribution in [0.1, 0.15) is 38.2 Å². The molecular weight excluding hydrogens is 292 g/mol. The lowest BCUT2D eigenvalue weighted by Crippen LogP contribution is -2.67. The summed E-state index contributed by atoms with van der Waals surface area (Å²) in [5, 5.41) is 26.1. The molecule has 1 aromatic carbocycles. The van der Waals surface area contributed by atoms with Crippen LogP contribution in [0, 0.1) is 0 Å². The fourth-order valence-electron chi connectivity index (χ4n) is 3.23. The number of carbonyl (C=O) groups is 1. The van der Waals surface area contributed by atoms with Crippen LogP contribution in [0.3, 0.4) is 0 Å². The third-order valence-corrected chi connectivity index (χ3v) is 4.71. The van der Waals surface area contributed by atoms with Gasteiger partial charge in [0.15, 0.2) is 0 Å². The van der Waals surface area contributed by atoms with E-state index in [0.29, 0.717) is 25.8 Å². The van der Waals surface area contributed by atoms with Gasteiger partial charge in [-0.1, -0.05) is 37.3 Å². The number of amides is 1. The summed E-state index contributed by atoms with van der Waals surface area (Å²) in [6, 6.07) is 10.1. The van der Waals surface area contributed by atoms with Crippen LogP contribution in [0.25, 0.3) is 0 Å². The second kappa shape index (κ2) is 8.43. The molecule has 1 aromatic rings. The number of carbonyl (C=O) groups excluding carboxylic acids is 1. The molecule has 0 bridgehead atoms. The Morgan fingerprint density at radius 3 is 2.74 bits per heavy atom. The van der Waals surface area contributed by atoms with Crippen LogP contribution in [-0.4, -0.2) is 47.0 Å². The van der Waals surface area contributed by atoms with Gasteiger partial charge in [0.2, 0.25) is 5.91 Å². The van der Waals surface area contributed by atoms with Gasteiger partial charge in [0, 0.05) is 19.0 Å². The van der Waals surface area contributed by atoms with E-state index in [2.05, 4.69) is 22.8 Å². The molecule has 0 unspecified atom stereocenters. The molecule has 128 valence electrons. The largest absolute Gasteiger partial charge is 0.395 e. The third kappa shape index (κ3) is 4.77. The summed E-state index contributed by atoms with van der Waals surface area (Å²) in [4.78, 5) is 11.9. The monoisotopic (exact) mass is 320 g/mol. The van der Waals surface area contributed by atoms with Crippen LogP contribution in [0.2, 0.25) is 0 Å². The van der Waals surface area contributed by atoms with Crippen molar-refractivity contribution in [3.05, 3.63) is 35.9 Å². The normalized spacial score (nSPS) is 27.6. The maximum atomic E-state index is 11.9. The Hall–Kier alpha value is -1.43. The summed E-state index contributed by atoms with van der Waals surface area (Å²) in [5.74, 6) is -0.0481. The minimum Gasteiger partial charge on any atom is -0.395 e. The average Bonchev–Trinajstić information content (AvgIpc) is 2.58. The van der Waals surface area contributed by atoms with Gasteiger partial charge in [0.1, 0.15) is 0 Å². The number of aliphatic hydroxyl groups is 2. The van der Waals surface area contributed by atoms with Crippen LogP contribution in [0.4, 0.5) is 0 Å². The summed E-state index contributed by atoms with van der Waals surface area (Å²) < 4.78 is 0. The second-order valence-corrected chi connectivity index (χ2v) is 6.41. The van der Waals surface area contributed by atoms with Crippen LogP contribution < -0.4 is 10.6 Å². The smallest absolute Gasteiger partial charge is 0.220 e. The first-order valence-electron chi connectivity index (χ1n) is 8.47. The Labute approximate surface area is 138 Å². The maximum absolute atomic E-state index is 11.9. The first-order chi connectivity index (χ1) is 11.1. The summed E-state index contributed by atoms with van der Waals surface area (Å²) in [6.07, 6.45) is 2.71. The van der Waals surface area contributed by atoms with Gasteiger partial charge in [-0.05, 0) is 31.2 Å². The zero-order valence-corrected chi connectivity index (χ0v) is 13.8. The molecule has 0 spiro atoms. The molecule has 4 N–H and O–H groups in total. The standard InChI is InChI=1S/C18H28N2O3/c1-2-17(23)20-18(13-19-15(12-21)11-16(18)22)10-6-9-14-7-4-3-5-8-14/h3-5,7-8,15-16,19,21-22H,2,6,9-13H2,1H3,(H,20,23)/t15-,16-,18-/m0/s1. The van der Waals surface area contributed by atoms with Gasteiger partial charge in [0.25, 0.3) is 0 Å². The van der Waals surface area contributed by atoms with Crippen molar-refractivity contribution < 1.29 is 15.0 Å². The molecule has 0 saturated carbocycles. The van der Waals surface area contributed by atoms with Crippen molar-refractivity contribution in [1.82, 2.24) is 10.6 Å². The quantitative estimate of drug-likeness (QED) is 0.604. The zero-order chi connectivity index (χ0) is 16.7.